The number of hydrogen-bond acceptors (Lipinski definition) is 8. The Morgan fingerprint density at radius 1 is 0.672 bits per heavy atom. The van der Waals surface area contributed by atoms with Gasteiger partial charge in [0.2, 0.25) is 11.8 Å². The van der Waals surface area contributed by atoms with Gasteiger partial charge in [-0.2, -0.15) is 0 Å². The molecule has 5 amide bonds. The molecular formula is C49H55N7O5. The number of benzene rings is 4. The van der Waals surface area contributed by atoms with Crippen LogP contribution in [-0.2, 0) is 16.1 Å². The van der Waals surface area contributed by atoms with Gasteiger partial charge in [0.25, 0.3) is 5.91 Å². The Balaban J connectivity index is 0.750. The number of hydrogen-bond donors (Lipinski definition) is 2. The number of rotatable bonds is 8. The zero-order chi connectivity index (χ0) is 42.0. The summed E-state index contributed by atoms with van der Waals surface area (Å²) in [6, 6.07) is 32.8. The minimum absolute atomic E-state index is 0.144. The molecule has 4 saturated heterocycles. The Morgan fingerprint density at radius 2 is 1.28 bits per heavy atom. The molecule has 4 fully saturated rings. The van der Waals surface area contributed by atoms with E-state index in [-0.39, 0.29) is 35.9 Å². The predicted octanol–water partition coefficient (Wildman–Crippen LogP) is 6.05. The minimum atomic E-state index is -0.608. The molecule has 0 saturated carbocycles. The number of carbonyl (C=O) groups is 4. The van der Waals surface area contributed by atoms with Crippen molar-refractivity contribution in [3.05, 3.63) is 125 Å². The molecular weight excluding hydrogens is 767 g/mol. The minimum Gasteiger partial charge on any atom is -0.508 e. The van der Waals surface area contributed by atoms with Gasteiger partial charge in [0.15, 0.2) is 0 Å². The quantitative estimate of drug-likeness (QED) is 0.163. The summed E-state index contributed by atoms with van der Waals surface area (Å²) in [6.45, 7) is 10.7. The number of imide groups is 1. The fourth-order valence-electron chi connectivity index (χ4n) is 10.0. The van der Waals surface area contributed by atoms with Crippen molar-refractivity contribution in [3.8, 4) is 5.75 Å². The average Bonchev–Trinajstić information content (AvgIpc) is 3.63. The molecule has 4 aromatic rings. The van der Waals surface area contributed by atoms with Gasteiger partial charge in [0, 0.05) is 101 Å². The number of carbonyl (C=O) groups excluding carboxylic acids is 4. The number of urea groups is 1. The number of fused-ring (bicyclic) bond motifs is 1. The van der Waals surface area contributed by atoms with Gasteiger partial charge in [0.1, 0.15) is 11.8 Å². The zero-order valence-electron chi connectivity index (χ0n) is 35.0. The molecule has 0 spiro atoms. The van der Waals surface area contributed by atoms with E-state index in [1.807, 2.05) is 35.2 Å². The summed E-state index contributed by atoms with van der Waals surface area (Å²) in [6.07, 6.45) is 3.42. The van der Waals surface area contributed by atoms with Crippen LogP contribution in [0.25, 0.3) is 11.1 Å². The maximum absolute atomic E-state index is 13.7. The highest BCUT2D eigenvalue weighted by atomic mass is 16.3. The summed E-state index contributed by atoms with van der Waals surface area (Å²) in [5.74, 6) is -0.559. The summed E-state index contributed by atoms with van der Waals surface area (Å²) >= 11 is 0. The van der Waals surface area contributed by atoms with Crippen molar-refractivity contribution < 1.29 is 24.3 Å². The molecule has 4 aromatic carbocycles. The molecule has 2 N–H and O–H groups in total. The van der Waals surface area contributed by atoms with Gasteiger partial charge in [0.05, 0.1) is 0 Å². The topological polar surface area (TPSA) is 120 Å². The van der Waals surface area contributed by atoms with Crippen molar-refractivity contribution in [1.82, 2.24) is 24.9 Å². The van der Waals surface area contributed by atoms with Crippen LogP contribution in [0.3, 0.4) is 0 Å². The normalized spacial score (nSPS) is 20.8. The summed E-state index contributed by atoms with van der Waals surface area (Å²) in [5.41, 5.74) is 9.64. The lowest BCUT2D eigenvalue weighted by Gasteiger charge is -2.44. The molecule has 12 nitrogen and oxygen atoms in total. The number of piperazine rings is 2. The molecule has 5 aliphatic heterocycles. The maximum atomic E-state index is 13.7. The van der Waals surface area contributed by atoms with Crippen molar-refractivity contribution >= 4 is 46.3 Å². The summed E-state index contributed by atoms with van der Waals surface area (Å²) in [7, 11) is 0. The first-order valence-electron chi connectivity index (χ1n) is 22.0. The van der Waals surface area contributed by atoms with E-state index in [0.29, 0.717) is 37.7 Å². The molecule has 9 rings (SSSR count). The second-order valence-electron chi connectivity index (χ2n) is 16.9. The summed E-state index contributed by atoms with van der Waals surface area (Å²) in [4.78, 5) is 64.1. The molecule has 61 heavy (non-hydrogen) atoms. The largest absolute Gasteiger partial charge is 0.508 e. The molecule has 5 aliphatic rings. The van der Waals surface area contributed by atoms with Crippen molar-refractivity contribution in [2.45, 2.75) is 57.7 Å². The molecule has 12 heteroatoms. The molecule has 0 aromatic heterocycles. The van der Waals surface area contributed by atoms with Gasteiger partial charge in [-0.15, -0.1) is 0 Å². The van der Waals surface area contributed by atoms with Crippen LogP contribution in [-0.4, -0.2) is 126 Å². The molecule has 0 radical (unpaired) electrons. The lowest BCUT2D eigenvalue weighted by Crippen LogP contribution is -2.57. The number of phenolic OH excluding ortho intramolecular Hbond substituents is 1. The lowest BCUT2D eigenvalue weighted by atomic mass is 9.88. The number of allylic oxidation sites excluding steroid dienone is 1. The average molecular weight is 822 g/mol. The molecule has 0 bridgehead atoms. The third-order valence-electron chi connectivity index (χ3n) is 13.4. The van der Waals surface area contributed by atoms with Gasteiger partial charge < -0.3 is 29.6 Å². The first kappa shape index (κ1) is 40.3. The lowest BCUT2D eigenvalue weighted by molar-refractivity contribution is -0.136. The van der Waals surface area contributed by atoms with Crippen LogP contribution in [0, 0.1) is 0 Å². The van der Waals surface area contributed by atoms with Gasteiger partial charge in [-0.1, -0.05) is 61.5 Å². The van der Waals surface area contributed by atoms with Crippen molar-refractivity contribution in [3.63, 3.8) is 0 Å². The molecule has 5 heterocycles. The highest BCUT2D eigenvalue weighted by Crippen LogP contribution is 2.36. The monoisotopic (exact) mass is 821 g/mol. The van der Waals surface area contributed by atoms with Crippen LogP contribution in [0.2, 0.25) is 0 Å². The number of aromatic hydroxyl groups is 1. The standard InChI is InChI=1S/C49H55N7O5/c1-2-42(34-6-4-3-5-7-34)46(36-10-15-41(57)16-11-36)35-8-12-38(13-9-35)51-28-30-55(31-29-51)49(61)54-22-20-39(21-23-54)52-24-26-53(27-25-52)40-14-17-43-37(32-40)33-56(48(43)60)44-18-19-45(58)50-47(44)59/h3-17,32,39,44,57H,2,18-31,33H2,1H3,(H,50,58,59)/b46-42-. The predicted molar refractivity (Wildman–Crippen MR) is 237 cm³/mol. The maximum Gasteiger partial charge on any atom is 0.320 e. The van der Waals surface area contributed by atoms with Crippen LogP contribution >= 0.6 is 0 Å². The van der Waals surface area contributed by atoms with Crippen LogP contribution in [0.4, 0.5) is 16.2 Å². The molecule has 316 valence electrons. The number of nitrogens with zero attached hydrogens (tertiary/aromatic N) is 6. The van der Waals surface area contributed by atoms with E-state index >= 15 is 0 Å². The Bertz CT molecular complexity index is 2290. The second-order valence-corrected chi connectivity index (χ2v) is 16.9. The highest BCUT2D eigenvalue weighted by Gasteiger charge is 2.39. The van der Waals surface area contributed by atoms with Crippen LogP contribution < -0.4 is 15.1 Å². The molecule has 1 atom stereocenters. The van der Waals surface area contributed by atoms with E-state index in [1.54, 1.807) is 17.0 Å². The Hall–Kier alpha value is -6.14. The van der Waals surface area contributed by atoms with Crippen LogP contribution in [0.5, 0.6) is 5.75 Å². The number of nitrogens with one attached hydrogen (secondary N) is 1. The van der Waals surface area contributed by atoms with Gasteiger partial charge in [-0.3, -0.25) is 24.6 Å². The number of likely N-dealkylation sites (tertiary alicyclic amines) is 1. The second kappa shape index (κ2) is 17.5. The third kappa shape index (κ3) is 8.33. The Kier molecular flexibility index (Phi) is 11.5. The number of amides is 5. The fraction of sp³-hybridized carbons (Fsp3) is 0.388. The van der Waals surface area contributed by atoms with E-state index in [4.69, 9.17) is 0 Å². The Morgan fingerprint density at radius 3 is 1.93 bits per heavy atom. The van der Waals surface area contributed by atoms with E-state index < -0.39 is 6.04 Å². The highest BCUT2D eigenvalue weighted by molar-refractivity contribution is 6.05. The van der Waals surface area contributed by atoms with E-state index in [1.165, 1.54) is 16.7 Å². The van der Waals surface area contributed by atoms with E-state index in [9.17, 15) is 24.3 Å². The number of anilines is 2. The first-order chi connectivity index (χ1) is 29.7. The Labute approximate surface area is 358 Å². The zero-order valence-corrected chi connectivity index (χ0v) is 35.0. The summed E-state index contributed by atoms with van der Waals surface area (Å²) < 4.78 is 0. The van der Waals surface area contributed by atoms with Crippen molar-refractivity contribution in [2.24, 2.45) is 0 Å². The van der Waals surface area contributed by atoms with Gasteiger partial charge in [-0.25, -0.2) is 4.79 Å². The van der Waals surface area contributed by atoms with Crippen molar-refractivity contribution in [2.75, 3.05) is 75.2 Å². The smallest absolute Gasteiger partial charge is 0.320 e. The number of phenols is 1. The summed E-state index contributed by atoms with van der Waals surface area (Å²) in [5, 5.41) is 12.4. The van der Waals surface area contributed by atoms with Gasteiger partial charge >= 0.3 is 6.03 Å². The number of piperidine rings is 2. The SMILES string of the molecule is CC/C(=C(/c1ccc(O)cc1)c1ccc(N2CCN(C(=O)N3CCC(N4CCN(c5ccc6c(c5)CN(C5CCC(=O)NC5=O)C6=O)CC4)CC3)CC2)cc1)c1ccccc1. The van der Waals surface area contributed by atoms with Crippen LogP contribution in [0.15, 0.2) is 97.1 Å². The van der Waals surface area contributed by atoms with Crippen molar-refractivity contribution in [1.29, 1.82) is 0 Å². The van der Waals surface area contributed by atoms with Crippen LogP contribution in [0.1, 0.15) is 71.6 Å². The molecule has 0 aliphatic carbocycles. The molecule has 1 unspecified atom stereocenters. The van der Waals surface area contributed by atoms with E-state index in [0.717, 1.165) is 99.7 Å². The fourth-order valence-corrected chi connectivity index (χ4v) is 10.0. The van der Waals surface area contributed by atoms with Gasteiger partial charge in [-0.05, 0) is 102 Å². The third-order valence-corrected chi connectivity index (χ3v) is 13.4. The first-order valence-corrected chi connectivity index (χ1v) is 22.0. The van der Waals surface area contributed by atoms with E-state index in [2.05, 4.69) is 86.4 Å².